The number of rotatable bonds is 7. The maximum Gasteiger partial charge on any atom is 0.353 e. The van der Waals surface area contributed by atoms with Crippen LogP contribution in [0.5, 0.6) is 0 Å². The number of carbonyl (C=O) groups excluding carboxylic acids is 2. The highest BCUT2D eigenvalue weighted by atomic mass is 32.2. The van der Waals surface area contributed by atoms with Crippen LogP contribution < -0.4 is 5.32 Å². The van der Waals surface area contributed by atoms with Gasteiger partial charge in [-0.2, -0.15) is 0 Å². The Kier molecular flexibility index (Phi) is 5.92. The van der Waals surface area contributed by atoms with E-state index in [1.165, 1.54) is 39.3 Å². The van der Waals surface area contributed by atoms with E-state index in [2.05, 4.69) is 15.5 Å². The number of carbonyl (C=O) groups is 3. The number of carboxylic acid groups (broad SMARTS) is 1. The lowest BCUT2D eigenvalue weighted by Crippen LogP contribution is -2.70. The molecule has 2 aliphatic rings. The van der Waals surface area contributed by atoms with Crippen LogP contribution in [0.1, 0.15) is 9.88 Å². The van der Waals surface area contributed by atoms with Crippen LogP contribution in [0.25, 0.3) is 0 Å². The predicted octanol–water partition coefficient (Wildman–Crippen LogP) is 1.12. The summed E-state index contributed by atoms with van der Waals surface area (Å²) in [4.78, 5) is 39.3. The van der Waals surface area contributed by atoms with E-state index < -0.39 is 23.3 Å². The smallest absolute Gasteiger partial charge is 0.353 e. The molecule has 0 spiro atoms. The molecule has 1 saturated heterocycles. The van der Waals surface area contributed by atoms with Gasteiger partial charge in [0, 0.05) is 15.5 Å². The summed E-state index contributed by atoms with van der Waals surface area (Å²) in [7, 11) is 0. The van der Waals surface area contributed by atoms with Gasteiger partial charge >= 0.3 is 5.97 Å². The van der Waals surface area contributed by atoms with E-state index >= 15 is 0 Å². The van der Waals surface area contributed by atoms with Gasteiger partial charge in [-0.25, -0.2) is 4.79 Å². The molecule has 29 heavy (non-hydrogen) atoms. The molecule has 0 radical (unpaired) electrons. The van der Waals surface area contributed by atoms with E-state index in [1.54, 1.807) is 0 Å². The van der Waals surface area contributed by atoms with Crippen molar-refractivity contribution in [2.75, 3.05) is 5.75 Å². The van der Waals surface area contributed by atoms with Crippen LogP contribution in [-0.4, -0.2) is 60.3 Å². The molecule has 13 heteroatoms. The van der Waals surface area contributed by atoms with E-state index in [0.717, 1.165) is 16.6 Å². The molecular weight excluding hydrogens is 456 g/mol. The minimum atomic E-state index is -1.21. The number of aromatic nitrogens is 2. The molecule has 0 aromatic carbocycles. The van der Waals surface area contributed by atoms with E-state index in [9.17, 15) is 19.5 Å². The Morgan fingerprint density at radius 3 is 2.86 bits per heavy atom. The van der Waals surface area contributed by atoms with E-state index in [4.69, 9.17) is 5.11 Å². The number of hydrogen-bond acceptors (Lipinski definition) is 10. The molecule has 0 saturated carbocycles. The first kappa shape index (κ1) is 20.3. The molecule has 3 N–H and O–H groups in total. The highest BCUT2D eigenvalue weighted by Gasteiger charge is 2.54. The number of carboxylic acids is 1. The molecule has 152 valence electrons. The van der Waals surface area contributed by atoms with Crippen LogP contribution in [0.15, 0.2) is 32.5 Å². The van der Waals surface area contributed by atoms with E-state index in [1.807, 2.05) is 17.5 Å². The van der Waals surface area contributed by atoms with Crippen molar-refractivity contribution in [1.29, 1.82) is 0 Å². The minimum absolute atomic E-state index is 0.0896. The van der Waals surface area contributed by atoms with Crippen molar-refractivity contribution >= 4 is 64.0 Å². The van der Waals surface area contributed by atoms with Crippen LogP contribution in [0.3, 0.4) is 0 Å². The third-order valence-electron chi connectivity index (χ3n) is 4.16. The molecule has 2 aliphatic heterocycles. The minimum Gasteiger partial charge on any atom is -0.477 e. The number of thiophene rings is 1. The quantitative estimate of drug-likeness (QED) is 0.509. The number of aliphatic hydroxyl groups is 1. The first-order valence-corrected chi connectivity index (χ1v) is 11.9. The fourth-order valence-corrected chi connectivity index (χ4v) is 7.01. The molecule has 0 aliphatic carbocycles. The standard InChI is InChI=1S/C16H14N4O5S4/c21-5-10-18-19-16(29-10)28-8-6-27-14-11(13(23)20(14)12(8)15(24)25)17-9(22)4-7-2-1-3-26-7/h1-3,11,14,21H,4-6H2,(H,17,22)(H,24,25)/t11-,14+/m1/s1. The van der Waals surface area contributed by atoms with Gasteiger partial charge in [0.15, 0.2) is 4.34 Å². The number of aliphatic carboxylic acids is 1. The van der Waals surface area contributed by atoms with Crippen LogP contribution >= 0.6 is 46.2 Å². The van der Waals surface area contributed by atoms with Gasteiger partial charge in [0.05, 0.1) is 13.0 Å². The number of fused-ring (bicyclic) bond motifs is 1. The molecule has 2 amide bonds. The van der Waals surface area contributed by atoms with Gasteiger partial charge in [-0.3, -0.25) is 14.5 Å². The zero-order valence-corrected chi connectivity index (χ0v) is 17.9. The highest BCUT2D eigenvalue weighted by molar-refractivity contribution is 8.07. The Morgan fingerprint density at radius 2 is 2.21 bits per heavy atom. The molecule has 2 aromatic heterocycles. The van der Waals surface area contributed by atoms with Crippen LogP contribution in [0, 0.1) is 0 Å². The maximum absolute atomic E-state index is 12.6. The molecule has 1 fully saturated rings. The number of hydrogen-bond donors (Lipinski definition) is 3. The highest BCUT2D eigenvalue weighted by Crippen LogP contribution is 2.45. The maximum atomic E-state index is 12.6. The largest absolute Gasteiger partial charge is 0.477 e. The normalized spacial score (nSPS) is 21.0. The fraction of sp³-hybridized carbons (Fsp3) is 0.312. The lowest BCUT2D eigenvalue weighted by molar-refractivity contribution is -0.150. The number of amides is 2. The fourth-order valence-electron chi connectivity index (χ4n) is 2.91. The Bertz CT molecular complexity index is 989. The average Bonchev–Trinajstić information content (AvgIpc) is 3.37. The molecule has 4 rings (SSSR count). The van der Waals surface area contributed by atoms with Crippen molar-refractivity contribution in [3.8, 4) is 0 Å². The lowest BCUT2D eigenvalue weighted by atomic mass is 10.0. The van der Waals surface area contributed by atoms with Gasteiger partial charge in [-0.1, -0.05) is 29.2 Å². The average molecular weight is 471 g/mol. The van der Waals surface area contributed by atoms with Crippen LogP contribution in [-0.2, 0) is 27.4 Å². The first-order valence-electron chi connectivity index (χ1n) is 8.32. The Labute approximate surface area is 181 Å². The van der Waals surface area contributed by atoms with Crippen molar-refractivity contribution in [3.05, 3.63) is 38.0 Å². The van der Waals surface area contributed by atoms with Gasteiger partial charge in [0.2, 0.25) is 5.91 Å². The summed E-state index contributed by atoms with van der Waals surface area (Å²) in [6.07, 6.45) is 0.186. The first-order chi connectivity index (χ1) is 14.0. The summed E-state index contributed by atoms with van der Waals surface area (Å²) >= 11 is 5.15. The Balaban J connectivity index is 1.48. The SMILES string of the molecule is O=C(Cc1cccs1)N[C@@H]1C(=O)N2C(C(=O)O)=C(Sc3nnc(CO)s3)CS[C@@H]12. The number of β-lactam (4-membered cyclic amide) rings is 1. The third kappa shape index (κ3) is 4.05. The molecular formula is C16H14N4O5S4. The number of nitrogens with zero attached hydrogens (tertiary/aromatic N) is 3. The number of thioether (sulfide) groups is 2. The molecule has 0 unspecified atom stereocenters. The van der Waals surface area contributed by atoms with Crippen molar-refractivity contribution in [3.63, 3.8) is 0 Å². The van der Waals surface area contributed by atoms with Gasteiger partial charge in [0.1, 0.15) is 22.1 Å². The second-order valence-corrected chi connectivity index (χ2v) is 10.6. The lowest BCUT2D eigenvalue weighted by Gasteiger charge is -2.49. The van der Waals surface area contributed by atoms with Gasteiger partial charge in [0.25, 0.3) is 5.91 Å². The summed E-state index contributed by atoms with van der Waals surface area (Å²) in [5, 5.41) is 31.1. The molecule has 4 heterocycles. The summed E-state index contributed by atoms with van der Waals surface area (Å²) in [6.45, 7) is -0.239. The second kappa shape index (κ2) is 8.44. The zero-order valence-electron chi connectivity index (χ0n) is 14.6. The van der Waals surface area contributed by atoms with Crippen molar-refractivity contribution in [2.24, 2.45) is 0 Å². The summed E-state index contributed by atoms with van der Waals surface area (Å²) in [5.41, 5.74) is -0.0896. The third-order valence-corrected chi connectivity index (χ3v) is 8.54. The predicted molar refractivity (Wildman–Crippen MR) is 109 cm³/mol. The van der Waals surface area contributed by atoms with Gasteiger partial charge in [-0.05, 0) is 11.4 Å². The van der Waals surface area contributed by atoms with Crippen molar-refractivity contribution < 1.29 is 24.6 Å². The summed E-state index contributed by atoms with van der Waals surface area (Å²) in [6, 6.07) is 2.96. The second-order valence-electron chi connectivity index (χ2n) is 6.01. The number of aliphatic hydroxyl groups excluding tert-OH is 1. The van der Waals surface area contributed by atoms with Crippen molar-refractivity contribution in [2.45, 2.75) is 28.8 Å². The summed E-state index contributed by atoms with van der Waals surface area (Å²) in [5.74, 6) is -1.55. The van der Waals surface area contributed by atoms with Gasteiger partial charge in [-0.15, -0.1) is 33.3 Å². The summed E-state index contributed by atoms with van der Waals surface area (Å²) < 4.78 is 0.496. The molecule has 9 nitrogen and oxygen atoms in total. The zero-order chi connectivity index (χ0) is 20.5. The monoisotopic (exact) mass is 470 g/mol. The van der Waals surface area contributed by atoms with Crippen LogP contribution in [0.2, 0.25) is 0 Å². The Hall–Kier alpha value is -1.93. The van der Waals surface area contributed by atoms with E-state index in [0.29, 0.717) is 20.0 Å². The number of nitrogens with one attached hydrogen (secondary N) is 1. The Morgan fingerprint density at radius 1 is 1.38 bits per heavy atom. The van der Waals surface area contributed by atoms with Crippen molar-refractivity contribution in [1.82, 2.24) is 20.4 Å². The molecule has 0 bridgehead atoms. The van der Waals surface area contributed by atoms with Gasteiger partial charge < -0.3 is 15.5 Å². The molecule has 2 atom stereocenters. The van der Waals surface area contributed by atoms with E-state index in [-0.39, 0.29) is 24.6 Å². The topological polar surface area (TPSA) is 133 Å². The van der Waals surface area contributed by atoms with Crippen LogP contribution in [0.4, 0.5) is 0 Å². The molecule has 2 aromatic rings.